The molecule has 1 aliphatic carbocycles. The maximum absolute atomic E-state index is 12.8. The Morgan fingerprint density at radius 1 is 1.00 bits per heavy atom. The van der Waals surface area contributed by atoms with Crippen LogP contribution >= 0.6 is 0 Å². The second-order valence-electron chi connectivity index (χ2n) is 7.15. The number of hydrogen-bond donors (Lipinski definition) is 0. The molecule has 1 aliphatic heterocycles. The molecular formula is C21H24N2O5. The summed E-state index contributed by atoms with van der Waals surface area (Å²) >= 11 is 0. The maximum atomic E-state index is 12.8. The van der Waals surface area contributed by atoms with Crippen molar-refractivity contribution in [1.82, 2.24) is 9.80 Å². The molecule has 2 amide bonds. The average Bonchev–Trinajstić information content (AvgIpc) is 3.36. The Kier molecular flexibility index (Phi) is 4.98. The monoisotopic (exact) mass is 384 g/mol. The summed E-state index contributed by atoms with van der Waals surface area (Å²) in [6, 6.07) is 8.94. The Balaban J connectivity index is 1.34. The second kappa shape index (κ2) is 7.58. The SMILES string of the molecule is COc1ccc(C(=O)N2CCN(C(=O)C3CC3c3ccco3)CC2)cc1OC. The van der Waals surface area contributed by atoms with Crippen molar-refractivity contribution in [2.75, 3.05) is 40.4 Å². The number of benzene rings is 1. The van der Waals surface area contributed by atoms with E-state index in [1.54, 1.807) is 43.6 Å². The van der Waals surface area contributed by atoms with Crippen LogP contribution in [-0.2, 0) is 4.79 Å². The van der Waals surface area contributed by atoms with E-state index in [0.717, 1.165) is 12.2 Å². The third kappa shape index (κ3) is 3.44. The predicted octanol–water partition coefficient (Wildman–Crippen LogP) is 2.38. The first kappa shape index (κ1) is 18.4. The van der Waals surface area contributed by atoms with Crippen LogP contribution in [0.5, 0.6) is 11.5 Å². The van der Waals surface area contributed by atoms with Crippen LogP contribution in [0.25, 0.3) is 0 Å². The van der Waals surface area contributed by atoms with E-state index in [9.17, 15) is 9.59 Å². The number of nitrogens with zero attached hydrogens (tertiary/aromatic N) is 2. The minimum Gasteiger partial charge on any atom is -0.493 e. The van der Waals surface area contributed by atoms with Gasteiger partial charge in [0.25, 0.3) is 5.91 Å². The highest BCUT2D eigenvalue weighted by Crippen LogP contribution is 2.48. The third-order valence-corrected chi connectivity index (χ3v) is 5.53. The number of ether oxygens (including phenoxy) is 2. The molecule has 7 heteroatoms. The Morgan fingerprint density at radius 2 is 1.71 bits per heavy atom. The van der Waals surface area contributed by atoms with Crippen molar-refractivity contribution in [3.05, 3.63) is 47.9 Å². The first-order chi connectivity index (χ1) is 13.6. The lowest BCUT2D eigenvalue weighted by Gasteiger charge is -2.35. The van der Waals surface area contributed by atoms with Crippen LogP contribution in [0, 0.1) is 5.92 Å². The summed E-state index contributed by atoms with van der Waals surface area (Å²) in [5.74, 6) is 2.33. The van der Waals surface area contributed by atoms with Crippen molar-refractivity contribution in [2.24, 2.45) is 5.92 Å². The van der Waals surface area contributed by atoms with Crippen molar-refractivity contribution >= 4 is 11.8 Å². The summed E-state index contributed by atoms with van der Waals surface area (Å²) in [5, 5.41) is 0. The highest BCUT2D eigenvalue weighted by atomic mass is 16.5. The number of furan rings is 1. The molecule has 0 radical (unpaired) electrons. The Bertz CT molecular complexity index is 856. The third-order valence-electron chi connectivity index (χ3n) is 5.53. The van der Waals surface area contributed by atoms with Gasteiger partial charge < -0.3 is 23.7 Å². The molecule has 1 aromatic heterocycles. The number of carbonyl (C=O) groups is 2. The van der Waals surface area contributed by atoms with Gasteiger partial charge in [-0.2, -0.15) is 0 Å². The lowest BCUT2D eigenvalue weighted by molar-refractivity contribution is -0.134. The van der Waals surface area contributed by atoms with Crippen LogP contribution in [0.15, 0.2) is 41.0 Å². The van der Waals surface area contributed by atoms with Crippen LogP contribution in [0.4, 0.5) is 0 Å². The molecule has 2 fully saturated rings. The van der Waals surface area contributed by atoms with E-state index in [1.165, 1.54) is 0 Å². The number of hydrogen-bond acceptors (Lipinski definition) is 5. The van der Waals surface area contributed by atoms with E-state index in [4.69, 9.17) is 13.9 Å². The number of carbonyl (C=O) groups excluding carboxylic acids is 2. The molecule has 0 N–H and O–H groups in total. The highest BCUT2D eigenvalue weighted by Gasteiger charge is 2.47. The van der Waals surface area contributed by atoms with Crippen LogP contribution in [0.3, 0.4) is 0 Å². The standard InChI is InChI=1S/C21H24N2O5/c1-26-18-6-5-14(12-19(18)27-2)20(24)22-7-9-23(10-8-22)21(25)16-13-15(16)17-4-3-11-28-17/h3-6,11-12,15-16H,7-10,13H2,1-2H3. The molecule has 2 aromatic rings. The quantitative estimate of drug-likeness (QED) is 0.792. The summed E-state index contributed by atoms with van der Waals surface area (Å²) < 4.78 is 15.9. The summed E-state index contributed by atoms with van der Waals surface area (Å²) in [4.78, 5) is 29.2. The zero-order chi connectivity index (χ0) is 19.7. The lowest BCUT2D eigenvalue weighted by atomic mass is 10.1. The van der Waals surface area contributed by atoms with E-state index in [1.807, 2.05) is 17.0 Å². The summed E-state index contributed by atoms with van der Waals surface area (Å²) in [6.45, 7) is 2.16. The van der Waals surface area contributed by atoms with Crippen molar-refractivity contribution in [3.8, 4) is 11.5 Å². The van der Waals surface area contributed by atoms with Gasteiger partial charge in [-0.15, -0.1) is 0 Å². The number of methoxy groups -OCH3 is 2. The fourth-order valence-corrected chi connectivity index (χ4v) is 3.80. The molecule has 2 unspecified atom stereocenters. The Morgan fingerprint density at radius 3 is 2.36 bits per heavy atom. The van der Waals surface area contributed by atoms with Crippen LogP contribution in [-0.4, -0.2) is 62.0 Å². The predicted molar refractivity (Wildman–Crippen MR) is 102 cm³/mol. The molecule has 0 spiro atoms. The van der Waals surface area contributed by atoms with E-state index in [2.05, 4.69) is 0 Å². The molecule has 1 aromatic carbocycles. The lowest BCUT2D eigenvalue weighted by Crippen LogP contribution is -2.51. The molecule has 0 bridgehead atoms. The number of piperazine rings is 1. The average molecular weight is 384 g/mol. The molecule has 2 atom stereocenters. The van der Waals surface area contributed by atoms with Gasteiger partial charge in [-0.05, 0) is 36.8 Å². The Hall–Kier alpha value is -2.96. The van der Waals surface area contributed by atoms with E-state index >= 15 is 0 Å². The van der Waals surface area contributed by atoms with Gasteiger partial charge in [-0.1, -0.05) is 0 Å². The molecule has 2 aliphatic rings. The van der Waals surface area contributed by atoms with Gasteiger partial charge in [-0.3, -0.25) is 9.59 Å². The minimum atomic E-state index is -0.0621. The minimum absolute atomic E-state index is 0.0132. The van der Waals surface area contributed by atoms with Gasteiger partial charge in [0.05, 0.1) is 20.5 Å². The largest absolute Gasteiger partial charge is 0.493 e. The smallest absolute Gasteiger partial charge is 0.254 e. The molecule has 28 heavy (non-hydrogen) atoms. The van der Waals surface area contributed by atoms with Crippen molar-refractivity contribution < 1.29 is 23.5 Å². The molecule has 7 nitrogen and oxygen atoms in total. The second-order valence-corrected chi connectivity index (χ2v) is 7.15. The molecule has 148 valence electrons. The maximum Gasteiger partial charge on any atom is 0.254 e. The van der Waals surface area contributed by atoms with Crippen molar-refractivity contribution in [3.63, 3.8) is 0 Å². The number of rotatable bonds is 5. The van der Waals surface area contributed by atoms with Gasteiger partial charge in [0.2, 0.25) is 5.91 Å². The van der Waals surface area contributed by atoms with Crippen LogP contribution in [0.1, 0.15) is 28.5 Å². The molecule has 2 heterocycles. The van der Waals surface area contributed by atoms with E-state index in [0.29, 0.717) is 43.2 Å². The zero-order valence-corrected chi connectivity index (χ0v) is 16.1. The molecule has 1 saturated heterocycles. The van der Waals surface area contributed by atoms with E-state index < -0.39 is 0 Å². The molecule has 1 saturated carbocycles. The summed E-state index contributed by atoms with van der Waals surface area (Å²) in [5.41, 5.74) is 0.553. The van der Waals surface area contributed by atoms with Gasteiger partial charge in [0.1, 0.15) is 5.76 Å². The van der Waals surface area contributed by atoms with Gasteiger partial charge in [-0.25, -0.2) is 0 Å². The van der Waals surface area contributed by atoms with Crippen LogP contribution < -0.4 is 9.47 Å². The van der Waals surface area contributed by atoms with Crippen molar-refractivity contribution in [2.45, 2.75) is 12.3 Å². The van der Waals surface area contributed by atoms with Gasteiger partial charge in [0, 0.05) is 43.6 Å². The first-order valence-corrected chi connectivity index (χ1v) is 9.46. The molecule has 4 rings (SSSR count). The van der Waals surface area contributed by atoms with Crippen molar-refractivity contribution in [1.29, 1.82) is 0 Å². The van der Waals surface area contributed by atoms with Gasteiger partial charge in [0.15, 0.2) is 11.5 Å². The van der Waals surface area contributed by atoms with Gasteiger partial charge >= 0.3 is 0 Å². The summed E-state index contributed by atoms with van der Waals surface area (Å²) in [6.07, 6.45) is 2.49. The van der Waals surface area contributed by atoms with Crippen LogP contribution in [0.2, 0.25) is 0 Å². The molecular weight excluding hydrogens is 360 g/mol. The number of amides is 2. The Labute approximate surface area is 163 Å². The fraction of sp³-hybridized carbons (Fsp3) is 0.429. The fourth-order valence-electron chi connectivity index (χ4n) is 3.80. The zero-order valence-electron chi connectivity index (χ0n) is 16.1. The topological polar surface area (TPSA) is 72.2 Å². The highest BCUT2D eigenvalue weighted by molar-refractivity contribution is 5.95. The normalized spacial score (nSPS) is 21.4. The summed E-state index contributed by atoms with van der Waals surface area (Å²) in [7, 11) is 3.11. The first-order valence-electron chi connectivity index (χ1n) is 9.46. The van der Waals surface area contributed by atoms with E-state index in [-0.39, 0.29) is 23.7 Å².